The fraction of sp³-hybridized carbons (Fsp3) is 0.200. The second-order valence-corrected chi connectivity index (χ2v) is 7.02. The van der Waals surface area contributed by atoms with E-state index in [9.17, 15) is 0 Å². The molecule has 0 amide bonds. The molecule has 142 valence electrons. The zero-order valence-electron chi connectivity index (χ0n) is 15.3. The molecular formula is C20H23IN4OS. The number of nitrogens with zero attached hydrogens (tertiary/aromatic N) is 2. The standard InChI is InChI=1S/C20H22N4OS.HI/c1-15-12-22-19(26-15)14-24-20(21-2)23-13-16-8-10-18(11-9-16)25-17-6-4-3-5-7-17;/h3-12H,13-14H2,1-2H3,(H2,21,23,24);1H. The van der Waals surface area contributed by atoms with Crippen LogP contribution in [0.1, 0.15) is 15.4 Å². The van der Waals surface area contributed by atoms with E-state index < -0.39 is 0 Å². The summed E-state index contributed by atoms with van der Waals surface area (Å²) in [5, 5.41) is 7.63. The molecule has 1 aromatic heterocycles. The molecule has 2 N–H and O–H groups in total. The maximum Gasteiger partial charge on any atom is 0.191 e. The normalized spacial score (nSPS) is 10.8. The summed E-state index contributed by atoms with van der Waals surface area (Å²) in [5.41, 5.74) is 1.15. The first-order valence-electron chi connectivity index (χ1n) is 8.40. The van der Waals surface area contributed by atoms with E-state index in [1.54, 1.807) is 18.4 Å². The highest BCUT2D eigenvalue weighted by molar-refractivity contribution is 14.0. The molecule has 0 saturated carbocycles. The molecule has 0 atom stereocenters. The third-order valence-electron chi connectivity index (χ3n) is 3.66. The van der Waals surface area contributed by atoms with E-state index in [-0.39, 0.29) is 24.0 Å². The molecule has 0 aliphatic carbocycles. The molecule has 0 bridgehead atoms. The summed E-state index contributed by atoms with van der Waals surface area (Å²) in [4.78, 5) is 9.80. The summed E-state index contributed by atoms with van der Waals surface area (Å²) < 4.78 is 5.81. The molecule has 0 radical (unpaired) electrons. The molecule has 1 heterocycles. The van der Waals surface area contributed by atoms with Gasteiger partial charge in [-0.25, -0.2) is 4.98 Å². The number of thiazole rings is 1. The Hall–Kier alpha value is -2.13. The zero-order chi connectivity index (χ0) is 18.2. The van der Waals surface area contributed by atoms with Crippen molar-refractivity contribution in [2.75, 3.05) is 7.05 Å². The van der Waals surface area contributed by atoms with Gasteiger partial charge in [0.05, 0.1) is 6.54 Å². The van der Waals surface area contributed by atoms with Crippen molar-refractivity contribution >= 4 is 41.3 Å². The van der Waals surface area contributed by atoms with Crippen LogP contribution in [0.3, 0.4) is 0 Å². The van der Waals surface area contributed by atoms with Crippen LogP contribution < -0.4 is 15.4 Å². The first-order chi connectivity index (χ1) is 12.7. The molecule has 0 spiro atoms. The maximum atomic E-state index is 5.81. The van der Waals surface area contributed by atoms with Gasteiger partial charge < -0.3 is 15.4 Å². The molecule has 2 aromatic carbocycles. The number of hydrogen-bond donors (Lipinski definition) is 2. The lowest BCUT2D eigenvalue weighted by molar-refractivity contribution is 0.482. The number of nitrogens with one attached hydrogen (secondary N) is 2. The topological polar surface area (TPSA) is 58.5 Å². The van der Waals surface area contributed by atoms with Crippen LogP contribution in [0, 0.1) is 6.92 Å². The third kappa shape index (κ3) is 6.84. The minimum Gasteiger partial charge on any atom is -0.457 e. The molecule has 0 unspecified atom stereocenters. The number of benzene rings is 2. The van der Waals surface area contributed by atoms with Crippen molar-refractivity contribution in [3.8, 4) is 11.5 Å². The molecular weight excluding hydrogens is 471 g/mol. The van der Waals surface area contributed by atoms with Crippen molar-refractivity contribution in [2.45, 2.75) is 20.0 Å². The lowest BCUT2D eigenvalue weighted by atomic mass is 10.2. The first-order valence-corrected chi connectivity index (χ1v) is 9.22. The van der Waals surface area contributed by atoms with Crippen molar-refractivity contribution in [2.24, 2.45) is 4.99 Å². The Morgan fingerprint density at radius 2 is 1.67 bits per heavy atom. The highest BCUT2D eigenvalue weighted by Gasteiger charge is 2.02. The molecule has 7 heteroatoms. The highest BCUT2D eigenvalue weighted by atomic mass is 127. The Balaban J connectivity index is 0.00000261. The highest BCUT2D eigenvalue weighted by Crippen LogP contribution is 2.21. The SMILES string of the molecule is CN=C(NCc1ccc(Oc2ccccc2)cc1)NCc1ncc(C)s1.I. The van der Waals surface area contributed by atoms with E-state index in [1.165, 1.54) is 4.88 Å². The van der Waals surface area contributed by atoms with Crippen LogP contribution in [0.15, 0.2) is 65.8 Å². The summed E-state index contributed by atoms with van der Waals surface area (Å²) in [5.74, 6) is 2.41. The second kappa shape index (κ2) is 10.9. The second-order valence-electron chi connectivity index (χ2n) is 5.70. The average molecular weight is 494 g/mol. The van der Waals surface area contributed by atoms with Gasteiger partial charge in [0.1, 0.15) is 16.5 Å². The van der Waals surface area contributed by atoms with E-state index in [1.807, 2.05) is 60.8 Å². The Labute approximate surface area is 180 Å². The minimum atomic E-state index is 0. The summed E-state index contributed by atoms with van der Waals surface area (Å²) in [6.07, 6.45) is 1.89. The molecule has 0 fully saturated rings. The van der Waals surface area contributed by atoms with E-state index in [0.29, 0.717) is 13.1 Å². The van der Waals surface area contributed by atoms with Gasteiger partial charge in [-0.3, -0.25) is 4.99 Å². The van der Waals surface area contributed by atoms with Gasteiger partial charge in [-0.05, 0) is 36.8 Å². The van der Waals surface area contributed by atoms with Gasteiger partial charge >= 0.3 is 0 Å². The van der Waals surface area contributed by atoms with Gasteiger partial charge in [-0.1, -0.05) is 30.3 Å². The van der Waals surface area contributed by atoms with Crippen molar-refractivity contribution in [3.05, 3.63) is 76.2 Å². The van der Waals surface area contributed by atoms with Crippen LogP contribution in [0.25, 0.3) is 0 Å². The predicted octanol–water partition coefficient (Wildman–Crippen LogP) is 4.73. The molecule has 3 aromatic rings. The van der Waals surface area contributed by atoms with Crippen LogP contribution in [0.5, 0.6) is 11.5 Å². The Bertz CT molecular complexity index is 850. The van der Waals surface area contributed by atoms with Crippen LogP contribution in [-0.2, 0) is 13.1 Å². The number of aryl methyl sites for hydroxylation is 1. The van der Waals surface area contributed by atoms with Crippen molar-refractivity contribution in [1.29, 1.82) is 0 Å². The zero-order valence-corrected chi connectivity index (χ0v) is 18.5. The summed E-state index contributed by atoms with van der Waals surface area (Å²) in [6, 6.07) is 17.8. The maximum absolute atomic E-state index is 5.81. The number of hydrogen-bond acceptors (Lipinski definition) is 4. The van der Waals surface area contributed by atoms with Gasteiger partial charge in [0.25, 0.3) is 0 Å². The molecule has 0 aliphatic rings. The van der Waals surface area contributed by atoms with Crippen LogP contribution in [-0.4, -0.2) is 18.0 Å². The van der Waals surface area contributed by atoms with Crippen LogP contribution >= 0.6 is 35.3 Å². The summed E-state index contributed by atoms with van der Waals surface area (Å²) in [7, 11) is 1.76. The van der Waals surface area contributed by atoms with Gasteiger partial charge in [-0.2, -0.15) is 0 Å². The smallest absolute Gasteiger partial charge is 0.191 e. The number of halogens is 1. The average Bonchev–Trinajstić information content (AvgIpc) is 3.09. The number of aromatic nitrogens is 1. The minimum absolute atomic E-state index is 0. The number of rotatable bonds is 6. The van der Waals surface area contributed by atoms with Gasteiger partial charge in [0, 0.05) is 24.7 Å². The third-order valence-corrected chi connectivity index (χ3v) is 4.57. The largest absolute Gasteiger partial charge is 0.457 e. The Morgan fingerprint density at radius 3 is 2.30 bits per heavy atom. The predicted molar refractivity (Wildman–Crippen MR) is 122 cm³/mol. The monoisotopic (exact) mass is 494 g/mol. The van der Waals surface area contributed by atoms with Gasteiger partial charge in [0.2, 0.25) is 0 Å². The van der Waals surface area contributed by atoms with Crippen molar-refractivity contribution in [1.82, 2.24) is 15.6 Å². The number of ether oxygens (including phenoxy) is 1. The molecule has 27 heavy (non-hydrogen) atoms. The summed E-state index contributed by atoms with van der Waals surface area (Å²) in [6.45, 7) is 3.41. The van der Waals surface area contributed by atoms with E-state index >= 15 is 0 Å². The summed E-state index contributed by atoms with van der Waals surface area (Å²) >= 11 is 1.69. The van der Waals surface area contributed by atoms with E-state index in [2.05, 4.69) is 27.5 Å². The lowest BCUT2D eigenvalue weighted by Crippen LogP contribution is -2.36. The fourth-order valence-electron chi connectivity index (χ4n) is 2.35. The van der Waals surface area contributed by atoms with Gasteiger partial charge in [-0.15, -0.1) is 35.3 Å². The quantitative estimate of drug-likeness (QED) is 0.296. The Kier molecular flexibility index (Phi) is 8.53. The van der Waals surface area contributed by atoms with Crippen LogP contribution in [0.4, 0.5) is 0 Å². The first kappa shape index (κ1) is 21.2. The number of aliphatic imine (C=N–C) groups is 1. The molecule has 0 saturated heterocycles. The van der Waals surface area contributed by atoms with Gasteiger partial charge in [0.15, 0.2) is 5.96 Å². The number of para-hydroxylation sites is 1. The van der Waals surface area contributed by atoms with E-state index in [0.717, 1.165) is 28.0 Å². The van der Waals surface area contributed by atoms with Crippen molar-refractivity contribution in [3.63, 3.8) is 0 Å². The molecule has 0 aliphatic heterocycles. The Morgan fingerprint density at radius 1 is 1.00 bits per heavy atom. The number of guanidine groups is 1. The van der Waals surface area contributed by atoms with Crippen molar-refractivity contribution < 1.29 is 4.74 Å². The van der Waals surface area contributed by atoms with Crippen LogP contribution in [0.2, 0.25) is 0 Å². The fourth-order valence-corrected chi connectivity index (χ4v) is 3.08. The molecule has 3 rings (SSSR count). The lowest BCUT2D eigenvalue weighted by Gasteiger charge is -2.11. The molecule has 5 nitrogen and oxygen atoms in total. The van der Waals surface area contributed by atoms with E-state index in [4.69, 9.17) is 4.74 Å².